The minimum atomic E-state index is -0.880. The summed E-state index contributed by atoms with van der Waals surface area (Å²) in [7, 11) is 2.61. The van der Waals surface area contributed by atoms with Gasteiger partial charge in [-0.15, -0.1) is 0 Å². The van der Waals surface area contributed by atoms with Crippen LogP contribution in [0.2, 0.25) is 0 Å². The van der Waals surface area contributed by atoms with Gasteiger partial charge in [0.05, 0.1) is 48.4 Å². The van der Waals surface area contributed by atoms with Gasteiger partial charge in [0.2, 0.25) is 5.91 Å². The van der Waals surface area contributed by atoms with E-state index in [1.165, 1.54) is 14.2 Å². The SMILES string of the molecule is COC(=O)N[C@H](C(=O)N1[C@@H]2CC[C@@H](C2)[C@H]1c1nc2c(ccc3cc(-c4ccc5c(ccc6[nH]c([C@@H]7C[C@H]8C[C@H]8N7C(=O)[C@H](NC(=O)OC)c7ccccc7)nc65)c4)ccc32)[nH]1)C(C)C. The van der Waals surface area contributed by atoms with Crippen molar-refractivity contribution < 1.29 is 28.7 Å². The summed E-state index contributed by atoms with van der Waals surface area (Å²) in [5.74, 6) is 1.84. The number of ether oxygens (including phenoxy) is 2. The number of hydrogen-bond acceptors (Lipinski definition) is 8. The molecule has 2 saturated carbocycles. The summed E-state index contributed by atoms with van der Waals surface area (Å²) in [6.45, 7) is 3.87. The number of H-pyrrole nitrogens is 2. The molecule has 11 rings (SSSR count). The highest BCUT2D eigenvalue weighted by molar-refractivity contribution is 6.07. The molecule has 14 nitrogen and oxygen atoms in total. The van der Waals surface area contributed by atoms with Crippen LogP contribution in [0.25, 0.3) is 54.7 Å². The highest BCUT2D eigenvalue weighted by Crippen LogP contribution is 2.54. The van der Waals surface area contributed by atoms with Crippen molar-refractivity contribution in [2.45, 2.75) is 82.2 Å². The van der Waals surface area contributed by atoms with E-state index in [1.807, 2.05) is 54.0 Å². The second-order valence-corrected chi connectivity index (χ2v) is 18.4. The molecule has 4 N–H and O–H groups in total. The van der Waals surface area contributed by atoms with Crippen LogP contribution in [0.3, 0.4) is 0 Å². The smallest absolute Gasteiger partial charge is 0.407 e. The van der Waals surface area contributed by atoms with Gasteiger partial charge < -0.3 is 39.9 Å². The van der Waals surface area contributed by atoms with Crippen molar-refractivity contribution in [3.63, 3.8) is 0 Å². The molecule has 8 atom stereocenters. The maximum Gasteiger partial charge on any atom is 0.407 e. The Kier molecular flexibility index (Phi) is 9.58. The zero-order valence-electron chi connectivity index (χ0n) is 36.1. The summed E-state index contributed by atoms with van der Waals surface area (Å²) in [6.07, 6.45) is 3.38. The normalized spacial score (nSPS) is 23.2. The van der Waals surface area contributed by atoms with E-state index in [0.29, 0.717) is 17.4 Å². The summed E-state index contributed by atoms with van der Waals surface area (Å²) in [6, 6.07) is 28.7. The lowest BCUT2D eigenvalue weighted by atomic mass is 9.95. The number of benzene rings is 5. The number of nitrogens with one attached hydrogen (secondary N) is 4. The minimum absolute atomic E-state index is 0.0938. The first-order valence-electron chi connectivity index (χ1n) is 22.3. The summed E-state index contributed by atoms with van der Waals surface area (Å²) in [4.78, 5) is 74.5. The molecule has 2 saturated heterocycles. The molecule has 4 fully saturated rings. The van der Waals surface area contributed by atoms with Gasteiger partial charge in [0.25, 0.3) is 5.91 Å². The number of nitrogens with zero attached hydrogens (tertiary/aromatic N) is 4. The fraction of sp³-hybridized carbons (Fsp3) is 0.360. The van der Waals surface area contributed by atoms with Gasteiger partial charge in [-0.3, -0.25) is 9.59 Å². The van der Waals surface area contributed by atoms with Crippen molar-refractivity contribution >= 4 is 67.6 Å². The van der Waals surface area contributed by atoms with Crippen molar-refractivity contribution in [3.05, 3.63) is 108 Å². The second-order valence-electron chi connectivity index (χ2n) is 18.4. The fourth-order valence-corrected chi connectivity index (χ4v) is 11.1. The summed E-state index contributed by atoms with van der Waals surface area (Å²) in [5, 5.41) is 9.71. The van der Waals surface area contributed by atoms with E-state index in [-0.39, 0.29) is 41.9 Å². The molecule has 64 heavy (non-hydrogen) atoms. The van der Waals surface area contributed by atoms with Gasteiger partial charge in [0, 0.05) is 22.9 Å². The molecule has 0 spiro atoms. The van der Waals surface area contributed by atoms with Crippen molar-refractivity contribution in [3.8, 4) is 11.1 Å². The zero-order chi connectivity index (χ0) is 44.0. The van der Waals surface area contributed by atoms with Crippen molar-refractivity contribution in [2.24, 2.45) is 17.8 Å². The van der Waals surface area contributed by atoms with E-state index in [4.69, 9.17) is 19.4 Å². The van der Waals surface area contributed by atoms with E-state index in [0.717, 1.165) is 98.5 Å². The first-order valence-corrected chi connectivity index (χ1v) is 22.3. The van der Waals surface area contributed by atoms with Crippen LogP contribution in [-0.2, 0) is 19.1 Å². The first kappa shape index (κ1) is 39.9. The predicted octanol–water partition coefficient (Wildman–Crippen LogP) is 8.60. The molecule has 2 bridgehead atoms. The number of methoxy groups -OCH3 is 2. The number of fused-ring (bicyclic) bond motifs is 9. The minimum Gasteiger partial charge on any atom is -0.453 e. The average molecular weight is 859 g/mol. The predicted molar refractivity (Wildman–Crippen MR) is 242 cm³/mol. The maximum atomic E-state index is 14.3. The van der Waals surface area contributed by atoms with Crippen LogP contribution in [0.4, 0.5) is 9.59 Å². The number of likely N-dealkylation sites (tertiary alicyclic amines) is 2. The van der Waals surface area contributed by atoms with E-state index in [2.05, 4.69) is 81.3 Å². The van der Waals surface area contributed by atoms with Gasteiger partial charge in [-0.2, -0.15) is 0 Å². The Morgan fingerprint density at radius 2 is 1.30 bits per heavy atom. The molecule has 4 aliphatic rings. The number of alkyl carbamates (subject to hydrolysis) is 2. The standard InChI is InChI=1S/C50H50N8O6/c1-25(2)40(55-49(61)63-3)47(59)57-33-15-10-31(22-33)44(57)46-52-37-19-14-30-21-28(12-17-35(30)43(37)54-46)27-11-16-34-29(20-27)13-18-36-42(34)53-45(51-36)39-24-32-23-38(32)58(39)48(60)41(56-50(62)64-4)26-8-6-5-7-9-26/h5-9,11-14,16-21,25,31-33,38-41,44H,10,15,22-24H2,1-4H3,(H,51,53)(H,52,54)(H,55,61)(H,56,62)/t31-,32+,33+,38+,39-,40-,41+,44-/m0/s1. The summed E-state index contributed by atoms with van der Waals surface area (Å²) >= 11 is 0. The number of carbonyl (C=O) groups excluding carboxylic acids is 4. The van der Waals surface area contributed by atoms with Crippen molar-refractivity contribution in [1.29, 1.82) is 0 Å². The number of imidazole rings is 2. The number of amides is 4. The molecule has 14 heteroatoms. The molecule has 4 heterocycles. The Morgan fingerprint density at radius 3 is 1.94 bits per heavy atom. The number of piperidine rings is 2. The average Bonchev–Trinajstić information content (AvgIpc) is 3.91. The van der Waals surface area contributed by atoms with Crippen LogP contribution in [0.5, 0.6) is 0 Å². The van der Waals surface area contributed by atoms with Gasteiger partial charge in [-0.25, -0.2) is 19.6 Å². The Balaban J connectivity index is 0.872. The highest BCUT2D eigenvalue weighted by atomic mass is 16.5. The largest absolute Gasteiger partial charge is 0.453 e. The second kappa shape index (κ2) is 15.4. The van der Waals surface area contributed by atoms with Crippen LogP contribution in [-0.4, -0.2) is 86.1 Å². The molecule has 0 unspecified atom stereocenters. The van der Waals surface area contributed by atoms with Crippen LogP contribution in [0.15, 0.2) is 91.0 Å². The highest BCUT2D eigenvalue weighted by Gasteiger charge is 2.56. The molecular formula is C50H50N8O6. The van der Waals surface area contributed by atoms with Gasteiger partial charge in [0.15, 0.2) is 0 Å². The maximum absolute atomic E-state index is 14.3. The lowest BCUT2D eigenvalue weighted by Crippen LogP contribution is -2.54. The van der Waals surface area contributed by atoms with Gasteiger partial charge in [-0.05, 0) is 102 Å². The molecule has 0 radical (unpaired) electrons. The Morgan fingerprint density at radius 1 is 0.672 bits per heavy atom. The number of aromatic nitrogens is 4. The molecule has 326 valence electrons. The quantitative estimate of drug-likeness (QED) is 0.112. The number of aromatic amines is 2. The molecule has 7 aromatic rings. The summed E-state index contributed by atoms with van der Waals surface area (Å²) < 4.78 is 9.77. The third-order valence-corrected chi connectivity index (χ3v) is 14.3. The van der Waals surface area contributed by atoms with E-state index >= 15 is 0 Å². The fourth-order valence-electron chi connectivity index (χ4n) is 11.1. The first-order chi connectivity index (χ1) is 31.1. The third-order valence-electron chi connectivity index (χ3n) is 14.3. The summed E-state index contributed by atoms with van der Waals surface area (Å²) in [5.41, 5.74) is 6.38. The van der Waals surface area contributed by atoms with Crippen LogP contribution < -0.4 is 10.6 Å². The number of rotatable bonds is 9. The van der Waals surface area contributed by atoms with Gasteiger partial charge >= 0.3 is 12.2 Å². The molecular weight excluding hydrogens is 809 g/mol. The Bertz CT molecular complexity index is 3020. The van der Waals surface area contributed by atoms with E-state index in [1.54, 1.807) is 0 Å². The molecule has 2 aromatic heterocycles. The number of carbonyl (C=O) groups is 4. The Labute approximate surface area is 369 Å². The van der Waals surface area contributed by atoms with Crippen LogP contribution in [0, 0.1) is 17.8 Å². The topological polar surface area (TPSA) is 175 Å². The van der Waals surface area contributed by atoms with Crippen molar-refractivity contribution in [2.75, 3.05) is 14.2 Å². The zero-order valence-corrected chi connectivity index (χ0v) is 36.1. The van der Waals surface area contributed by atoms with Crippen LogP contribution in [0.1, 0.15) is 81.3 Å². The monoisotopic (exact) mass is 858 g/mol. The van der Waals surface area contributed by atoms with Crippen LogP contribution >= 0.6 is 0 Å². The third kappa shape index (κ3) is 6.60. The molecule has 2 aliphatic heterocycles. The van der Waals surface area contributed by atoms with Crippen molar-refractivity contribution in [1.82, 2.24) is 40.4 Å². The molecule has 5 aromatic carbocycles. The molecule has 2 aliphatic carbocycles. The molecule has 4 amide bonds. The lowest BCUT2D eigenvalue weighted by molar-refractivity contribution is -0.139. The van der Waals surface area contributed by atoms with Gasteiger partial charge in [-0.1, -0.05) is 80.6 Å². The van der Waals surface area contributed by atoms with Gasteiger partial charge in [0.1, 0.15) is 23.7 Å². The number of hydrogen-bond donors (Lipinski definition) is 4. The van der Waals surface area contributed by atoms with E-state index < -0.39 is 24.3 Å². The Hall–Kier alpha value is -6.96. The lowest BCUT2D eigenvalue weighted by Gasteiger charge is -2.37. The van der Waals surface area contributed by atoms with E-state index in [9.17, 15) is 19.2 Å².